The fraction of sp³-hybridized carbons (Fsp3) is 0.550. The van der Waals surface area contributed by atoms with E-state index in [2.05, 4.69) is 22.0 Å². The monoisotopic (exact) mass is 369 g/mol. The number of hydrogen-bond donors (Lipinski definition) is 3. The van der Waals surface area contributed by atoms with Crippen molar-refractivity contribution < 1.29 is 9.59 Å². The third-order valence-corrected chi connectivity index (χ3v) is 6.03. The zero-order valence-electron chi connectivity index (χ0n) is 16.0. The molecular formula is C20H27N5O2. The molecule has 1 atom stereocenters. The molecular weight excluding hydrogens is 342 g/mol. The maximum absolute atomic E-state index is 12.6. The Morgan fingerprint density at radius 3 is 2.81 bits per heavy atom. The van der Waals surface area contributed by atoms with Gasteiger partial charge in [0.05, 0.1) is 22.3 Å². The molecule has 0 bridgehead atoms. The summed E-state index contributed by atoms with van der Waals surface area (Å²) in [5.74, 6) is 0.204. The van der Waals surface area contributed by atoms with Gasteiger partial charge in [-0.05, 0) is 51.3 Å². The fourth-order valence-electron chi connectivity index (χ4n) is 4.26. The number of hydrogen-bond acceptors (Lipinski definition) is 5. The number of carbonyl (C=O) groups is 2. The van der Waals surface area contributed by atoms with E-state index in [-0.39, 0.29) is 11.8 Å². The Hall–Kier alpha value is -2.41. The van der Waals surface area contributed by atoms with Gasteiger partial charge >= 0.3 is 0 Å². The summed E-state index contributed by atoms with van der Waals surface area (Å²) in [7, 11) is 1.91. The van der Waals surface area contributed by atoms with Crippen molar-refractivity contribution in [3.63, 3.8) is 0 Å². The third-order valence-electron chi connectivity index (χ3n) is 6.03. The van der Waals surface area contributed by atoms with Crippen molar-refractivity contribution in [1.82, 2.24) is 20.4 Å². The number of para-hydroxylation sites is 1. The smallest absolute Gasteiger partial charge is 0.238 e. The molecule has 1 aromatic heterocycles. The van der Waals surface area contributed by atoms with Crippen molar-refractivity contribution in [1.29, 1.82) is 0 Å². The van der Waals surface area contributed by atoms with E-state index in [1.165, 1.54) is 12.8 Å². The van der Waals surface area contributed by atoms with E-state index in [9.17, 15) is 9.59 Å². The number of rotatable bonds is 4. The summed E-state index contributed by atoms with van der Waals surface area (Å²) in [6.45, 7) is 4.98. The van der Waals surface area contributed by atoms with Crippen LogP contribution in [0.25, 0.3) is 10.9 Å². The van der Waals surface area contributed by atoms with Crippen molar-refractivity contribution in [3.8, 4) is 0 Å². The Balaban J connectivity index is 1.66. The lowest BCUT2D eigenvalue weighted by atomic mass is 9.77. The van der Waals surface area contributed by atoms with Crippen LogP contribution in [0.2, 0.25) is 0 Å². The third kappa shape index (κ3) is 3.20. The van der Waals surface area contributed by atoms with Gasteiger partial charge in [0.1, 0.15) is 0 Å². The van der Waals surface area contributed by atoms with E-state index in [1.54, 1.807) is 0 Å². The van der Waals surface area contributed by atoms with Crippen molar-refractivity contribution in [3.05, 3.63) is 23.9 Å². The minimum absolute atomic E-state index is 0.206. The Labute approximate surface area is 158 Å². The standard InChI is InChI=1S/C20H27N5O2/c1-20(9-6-16(26)23-19(20)27)18-14-4-3-5-15(17(14)25(2)24-18)22-12-13-7-10-21-11-8-13/h3-5,13,21-22H,6-12H2,1-2H3,(H,23,26,27)/t20-/m1/s1. The maximum Gasteiger partial charge on any atom is 0.238 e. The molecule has 7 nitrogen and oxygen atoms in total. The Kier molecular flexibility index (Phi) is 4.63. The first-order valence-corrected chi connectivity index (χ1v) is 9.74. The minimum atomic E-state index is -0.791. The molecule has 3 heterocycles. The van der Waals surface area contributed by atoms with E-state index in [4.69, 9.17) is 5.10 Å². The van der Waals surface area contributed by atoms with Gasteiger partial charge in [-0.1, -0.05) is 12.1 Å². The molecule has 2 amide bonds. The Morgan fingerprint density at radius 1 is 1.30 bits per heavy atom. The number of anilines is 1. The molecule has 2 aliphatic heterocycles. The molecule has 2 saturated heterocycles. The van der Waals surface area contributed by atoms with Gasteiger partial charge in [0, 0.05) is 25.4 Å². The van der Waals surface area contributed by atoms with Crippen molar-refractivity contribution in [2.45, 2.75) is 38.0 Å². The van der Waals surface area contributed by atoms with E-state index in [1.807, 2.05) is 30.8 Å². The van der Waals surface area contributed by atoms with Gasteiger partial charge in [-0.25, -0.2) is 0 Å². The highest BCUT2D eigenvalue weighted by Crippen LogP contribution is 2.37. The second kappa shape index (κ2) is 6.96. The SMILES string of the molecule is Cn1nc([C@@]2(C)CCC(=O)NC2=O)c2cccc(NCC3CCNCC3)c21. The summed E-state index contributed by atoms with van der Waals surface area (Å²) in [5, 5.41) is 15.2. The van der Waals surface area contributed by atoms with Gasteiger partial charge < -0.3 is 10.6 Å². The van der Waals surface area contributed by atoms with Crippen LogP contribution in [-0.2, 0) is 22.1 Å². The average Bonchev–Trinajstić information content (AvgIpc) is 3.02. The van der Waals surface area contributed by atoms with Crippen LogP contribution in [0.15, 0.2) is 18.2 Å². The highest BCUT2D eigenvalue weighted by molar-refractivity contribution is 6.05. The van der Waals surface area contributed by atoms with E-state index in [0.717, 1.165) is 41.9 Å². The zero-order valence-corrected chi connectivity index (χ0v) is 16.0. The molecule has 0 unspecified atom stereocenters. The molecule has 27 heavy (non-hydrogen) atoms. The van der Waals surface area contributed by atoms with Crippen LogP contribution in [0.5, 0.6) is 0 Å². The second-order valence-corrected chi connectivity index (χ2v) is 7.96. The molecule has 7 heteroatoms. The van der Waals surface area contributed by atoms with Gasteiger partial charge in [0.25, 0.3) is 0 Å². The van der Waals surface area contributed by atoms with Crippen LogP contribution in [0.4, 0.5) is 5.69 Å². The summed E-state index contributed by atoms with van der Waals surface area (Å²) in [6, 6.07) is 6.09. The number of imide groups is 1. The van der Waals surface area contributed by atoms with Gasteiger partial charge in [0.15, 0.2) is 0 Å². The number of aryl methyl sites for hydroxylation is 1. The molecule has 4 rings (SSSR count). The molecule has 3 N–H and O–H groups in total. The highest BCUT2D eigenvalue weighted by Gasteiger charge is 2.43. The summed E-state index contributed by atoms with van der Waals surface area (Å²) in [4.78, 5) is 24.2. The van der Waals surface area contributed by atoms with Crippen LogP contribution < -0.4 is 16.0 Å². The number of piperidine rings is 2. The number of aromatic nitrogens is 2. The van der Waals surface area contributed by atoms with Gasteiger partial charge in [-0.2, -0.15) is 5.10 Å². The predicted molar refractivity (Wildman–Crippen MR) is 105 cm³/mol. The van der Waals surface area contributed by atoms with E-state index >= 15 is 0 Å². The summed E-state index contributed by atoms with van der Waals surface area (Å²) in [6.07, 6.45) is 3.20. The lowest BCUT2D eigenvalue weighted by Crippen LogP contribution is -2.50. The first-order valence-electron chi connectivity index (χ1n) is 9.74. The quantitative estimate of drug-likeness (QED) is 0.714. The van der Waals surface area contributed by atoms with Crippen LogP contribution in [0.3, 0.4) is 0 Å². The highest BCUT2D eigenvalue weighted by atomic mass is 16.2. The number of nitrogens with zero attached hydrogens (tertiary/aromatic N) is 2. The van der Waals surface area contributed by atoms with Crippen molar-refractivity contribution in [2.75, 3.05) is 25.0 Å². The van der Waals surface area contributed by atoms with Gasteiger partial charge in [-0.3, -0.25) is 19.6 Å². The Morgan fingerprint density at radius 2 is 2.07 bits per heavy atom. The van der Waals surface area contributed by atoms with Gasteiger partial charge in [-0.15, -0.1) is 0 Å². The molecule has 2 aromatic rings. The number of amides is 2. The lowest BCUT2D eigenvalue weighted by Gasteiger charge is -2.30. The number of nitrogens with one attached hydrogen (secondary N) is 3. The van der Waals surface area contributed by atoms with Crippen LogP contribution >= 0.6 is 0 Å². The van der Waals surface area contributed by atoms with Crippen LogP contribution in [0.1, 0.15) is 38.3 Å². The Bertz CT molecular complexity index is 884. The van der Waals surface area contributed by atoms with Crippen molar-refractivity contribution >= 4 is 28.4 Å². The van der Waals surface area contributed by atoms with Gasteiger partial charge in [0.2, 0.25) is 11.8 Å². The van der Waals surface area contributed by atoms with Crippen molar-refractivity contribution in [2.24, 2.45) is 13.0 Å². The van der Waals surface area contributed by atoms with Crippen LogP contribution in [-0.4, -0.2) is 41.2 Å². The molecule has 0 spiro atoms. The normalized spacial score (nSPS) is 24.2. The summed E-state index contributed by atoms with van der Waals surface area (Å²) in [5.41, 5.74) is 2.01. The topological polar surface area (TPSA) is 88.0 Å². The van der Waals surface area contributed by atoms with Crippen LogP contribution in [0, 0.1) is 5.92 Å². The van der Waals surface area contributed by atoms with E-state index in [0.29, 0.717) is 18.8 Å². The molecule has 0 aliphatic carbocycles. The molecule has 2 aliphatic rings. The van der Waals surface area contributed by atoms with E-state index < -0.39 is 5.41 Å². The largest absolute Gasteiger partial charge is 0.383 e. The number of carbonyl (C=O) groups excluding carboxylic acids is 2. The molecule has 0 radical (unpaired) electrons. The number of fused-ring (bicyclic) bond motifs is 1. The zero-order chi connectivity index (χ0) is 19.0. The summed E-state index contributed by atoms with van der Waals surface area (Å²) < 4.78 is 1.85. The molecule has 0 saturated carbocycles. The average molecular weight is 369 g/mol. The maximum atomic E-state index is 12.6. The molecule has 1 aromatic carbocycles. The first-order chi connectivity index (χ1) is 13.0. The predicted octanol–water partition coefficient (Wildman–Crippen LogP) is 1.68. The fourth-order valence-corrected chi connectivity index (χ4v) is 4.26. The summed E-state index contributed by atoms with van der Waals surface area (Å²) >= 11 is 0. The lowest BCUT2D eigenvalue weighted by molar-refractivity contribution is -0.137. The minimum Gasteiger partial charge on any atom is -0.383 e. The second-order valence-electron chi connectivity index (χ2n) is 7.96. The molecule has 144 valence electrons. The molecule has 2 fully saturated rings. The number of benzene rings is 1. The first kappa shape index (κ1) is 18.0.